The van der Waals surface area contributed by atoms with Crippen molar-refractivity contribution in [1.29, 1.82) is 0 Å². The maximum atomic E-state index is 5.60. The van der Waals surface area contributed by atoms with Crippen LogP contribution in [0.2, 0.25) is 0 Å². The van der Waals surface area contributed by atoms with Crippen LogP contribution in [0.5, 0.6) is 0 Å². The molecule has 0 unspecified atom stereocenters. The molecule has 0 radical (unpaired) electrons. The summed E-state index contributed by atoms with van der Waals surface area (Å²) in [5.41, 5.74) is 9.88. The minimum atomic E-state index is 0.699. The number of rotatable bonds is 3. The first-order valence-corrected chi connectivity index (χ1v) is 5.36. The predicted octanol–water partition coefficient (Wildman–Crippen LogP) is 1.29. The molecule has 0 saturated carbocycles. The Morgan fingerprint density at radius 2 is 2.00 bits per heavy atom. The van der Waals surface area contributed by atoms with Crippen LogP contribution >= 0.6 is 0 Å². The minimum absolute atomic E-state index is 0.699. The first-order valence-electron chi connectivity index (χ1n) is 5.36. The number of nitrogens with zero attached hydrogens (tertiary/aromatic N) is 4. The molecule has 5 heteroatoms. The van der Waals surface area contributed by atoms with E-state index in [4.69, 9.17) is 5.73 Å². The molecule has 0 aromatic carbocycles. The van der Waals surface area contributed by atoms with Crippen LogP contribution < -0.4 is 5.73 Å². The Morgan fingerprint density at radius 1 is 1.25 bits per heavy atom. The van der Waals surface area contributed by atoms with E-state index in [2.05, 4.69) is 24.0 Å². The molecule has 0 aliphatic heterocycles. The molecule has 16 heavy (non-hydrogen) atoms. The van der Waals surface area contributed by atoms with E-state index in [0.717, 1.165) is 18.8 Å². The summed E-state index contributed by atoms with van der Waals surface area (Å²) in [5, 5.41) is 8.62. The summed E-state index contributed by atoms with van der Waals surface area (Å²) in [5.74, 6) is 0. The third-order valence-corrected chi connectivity index (χ3v) is 2.94. The first kappa shape index (κ1) is 10.7. The van der Waals surface area contributed by atoms with Crippen molar-refractivity contribution < 1.29 is 0 Å². The number of nitrogen functional groups attached to an aromatic ring is 1. The summed E-state index contributed by atoms with van der Waals surface area (Å²) < 4.78 is 3.85. The van der Waals surface area contributed by atoms with Crippen LogP contribution in [0.3, 0.4) is 0 Å². The Morgan fingerprint density at radius 3 is 2.50 bits per heavy atom. The van der Waals surface area contributed by atoms with Gasteiger partial charge in [0, 0.05) is 11.9 Å². The van der Waals surface area contributed by atoms with Crippen LogP contribution in [-0.4, -0.2) is 19.6 Å². The average Bonchev–Trinajstić information content (AvgIpc) is 2.76. The van der Waals surface area contributed by atoms with E-state index in [1.165, 1.54) is 11.3 Å². The Labute approximate surface area is 94.9 Å². The highest BCUT2D eigenvalue weighted by atomic mass is 15.3. The minimum Gasteiger partial charge on any atom is -0.396 e. The lowest BCUT2D eigenvalue weighted by Crippen LogP contribution is -2.10. The highest BCUT2D eigenvalue weighted by molar-refractivity contribution is 5.30. The first-order chi connectivity index (χ1) is 7.58. The molecule has 86 valence electrons. The normalized spacial score (nSPS) is 10.9. The van der Waals surface area contributed by atoms with Gasteiger partial charge in [0.05, 0.1) is 30.7 Å². The van der Waals surface area contributed by atoms with Gasteiger partial charge in [-0.05, 0) is 26.3 Å². The van der Waals surface area contributed by atoms with Gasteiger partial charge in [-0.1, -0.05) is 0 Å². The zero-order valence-corrected chi connectivity index (χ0v) is 9.94. The van der Waals surface area contributed by atoms with Crippen molar-refractivity contribution in [2.24, 2.45) is 0 Å². The van der Waals surface area contributed by atoms with Crippen LogP contribution in [0, 0.1) is 20.8 Å². The molecule has 2 aromatic heterocycles. The standard InChI is InChI=1S/C11H17N5/c1-8-9(2)14-16(10(8)3)5-4-15-7-11(12)6-13-15/h6-7H,4-5,12H2,1-3H3. The number of aromatic nitrogens is 4. The molecule has 2 aromatic rings. The summed E-state index contributed by atoms with van der Waals surface area (Å²) in [6.45, 7) is 7.83. The second-order valence-corrected chi connectivity index (χ2v) is 4.06. The highest BCUT2D eigenvalue weighted by Crippen LogP contribution is 2.10. The van der Waals surface area contributed by atoms with Gasteiger partial charge in [0.15, 0.2) is 0 Å². The molecule has 5 nitrogen and oxygen atoms in total. The summed E-state index contributed by atoms with van der Waals surface area (Å²) in [6.07, 6.45) is 3.49. The zero-order chi connectivity index (χ0) is 11.7. The van der Waals surface area contributed by atoms with Crippen molar-refractivity contribution in [1.82, 2.24) is 19.6 Å². The lowest BCUT2D eigenvalue weighted by Gasteiger charge is -2.04. The summed E-state index contributed by atoms with van der Waals surface area (Å²) in [4.78, 5) is 0. The number of hydrogen-bond donors (Lipinski definition) is 1. The Hall–Kier alpha value is -1.78. The Kier molecular flexibility index (Phi) is 2.68. The van der Waals surface area contributed by atoms with E-state index in [9.17, 15) is 0 Å². The van der Waals surface area contributed by atoms with Gasteiger partial charge in [-0.3, -0.25) is 9.36 Å². The number of aryl methyl sites for hydroxylation is 3. The fourth-order valence-corrected chi connectivity index (χ4v) is 1.70. The highest BCUT2D eigenvalue weighted by Gasteiger charge is 2.06. The van der Waals surface area contributed by atoms with Crippen molar-refractivity contribution in [2.75, 3.05) is 5.73 Å². The van der Waals surface area contributed by atoms with Crippen LogP contribution in [-0.2, 0) is 13.1 Å². The third kappa shape index (κ3) is 1.93. The van der Waals surface area contributed by atoms with Crippen LogP contribution in [0.25, 0.3) is 0 Å². The largest absolute Gasteiger partial charge is 0.396 e. The van der Waals surface area contributed by atoms with Crippen LogP contribution in [0.1, 0.15) is 17.0 Å². The Bertz CT molecular complexity index is 494. The SMILES string of the molecule is Cc1nn(CCn2cc(N)cn2)c(C)c1C. The number of nitrogens with two attached hydrogens (primary N) is 1. The monoisotopic (exact) mass is 219 g/mol. The van der Waals surface area contributed by atoms with Gasteiger partial charge in [0.25, 0.3) is 0 Å². The molecule has 2 heterocycles. The molecule has 0 amide bonds. The molecule has 0 saturated heterocycles. The Balaban J connectivity index is 2.07. The van der Waals surface area contributed by atoms with Crippen molar-refractivity contribution in [3.8, 4) is 0 Å². The van der Waals surface area contributed by atoms with E-state index in [0.29, 0.717) is 5.69 Å². The van der Waals surface area contributed by atoms with Crippen molar-refractivity contribution in [2.45, 2.75) is 33.9 Å². The summed E-state index contributed by atoms with van der Waals surface area (Å²) in [6, 6.07) is 0. The molecule has 0 aliphatic rings. The molecule has 0 bridgehead atoms. The number of hydrogen-bond acceptors (Lipinski definition) is 3. The van der Waals surface area contributed by atoms with Gasteiger partial charge in [0.1, 0.15) is 0 Å². The van der Waals surface area contributed by atoms with E-state index in [1.807, 2.05) is 22.5 Å². The van der Waals surface area contributed by atoms with E-state index in [-0.39, 0.29) is 0 Å². The van der Waals surface area contributed by atoms with Gasteiger partial charge in [-0.15, -0.1) is 0 Å². The molecular weight excluding hydrogens is 202 g/mol. The average molecular weight is 219 g/mol. The molecule has 2 N–H and O–H groups in total. The van der Waals surface area contributed by atoms with E-state index >= 15 is 0 Å². The van der Waals surface area contributed by atoms with Gasteiger partial charge < -0.3 is 5.73 Å². The lowest BCUT2D eigenvalue weighted by molar-refractivity contribution is 0.491. The molecule has 2 rings (SSSR count). The number of anilines is 1. The van der Waals surface area contributed by atoms with Crippen molar-refractivity contribution in [3.63, 3.8) is 0 Å². The molecule has 0 spiro atoms. The topological polar surface area (TPSA) is 61.7 Å². The zero-order valence-electron chi connectivity index (χ0n) is 9.94. The molecule has 0 atom stereocenters. The second kappa shape index (κ2) is 4.00. The second-order valence-electron chi connectivity index (χ2n) is 4.06. The maximum Gasteiger partial charge on any atom is 0.0719 e. The van der Waals surface area contributed by atoms with Crippen molar-refractivity contribution >= 4 is 5.69 Å². The fourth-order valence-electron chi connectivity index (χ4n) is 1.70. The third-order valence-electron chi connectivity index (χ3n) is 2.94. The molecule has 0 aliphatic carbocycles. The van der Waals surface area contributed by atoms with Crippen LogP contribution in [0.4, 0.5) is 5.69 Å². The summed E-state index contributed by atoms with van der Waals surface area (Å²) in [7, 11) is 0. The smallest absolute Gasteiger partial charge is 0.0719 e. The van der Waals surface area contributed by atoms with Gasteiger partial charge >= 0.3 is 0 Å². The summed E-state index contributed by atoms with van der Waals surface area (Å²) >= 11 is 0. The quantitative estimate of drug-likeness (QED) is 0.846. The molecular formula is C11H17N5. The lowest BCUT2D eigenvalue weighted by atomic mass is 10.2. The van der Waals surface area contributed by atoms with Crippen LogP contribution in [0.15, 0.2) is 12.4 Å². The van der Waals surface area contributed by atoms with E-state index in [1.54, 1.807) is 6.20 Å². The molecule has 0 fully saturated rings. The van der Waals surface area contributed by atoms with Gasteiger partial charge in [-0.25, -0.2) is 0 Å². The van der Waals surface area contributed by atoms with Gasteiger partial charge in [-0.2, -0.15) is 10.2 Å². The fraction of sp³-hybridized carbons (Fsp3) is 0.455. The predicted molar refractivity (Wildman–Crippen MR) is 63.1 cm³/mol. The van der Waals surface area contributed by atoms with E-state index < -0.39 is 0 Å². The van der Waals surface area contributed by atoms with Gasteiger partial charge in [0.2, 0.25) is 0 Å². The maximum absolute atomic E-state index is 5.60. The van der Waals surface area contributed by atoms with Crippen molar-refractivity contribution in [3.05, 3.63) is 29.3 Å².